The second kappa shape index (κ2) is 8.25. The number of benzene rings is 3. The van der Waals surface area contributed by atoms with Crippen molar-refractivity contribution < 1.29 is 39.5 Å². The lowest BCUT2D eigenvalue weighted by Crippen LogP contribution is -2.59. The first-order valence-electron chi connectivity index (χ1n) is 8.80. The van der Waals surface area contributed by atoms with Gasteiger partial charge in [-0.3, -0.25) is 0 Å². The molecule has 3 aromatic rings. The van der Waals surface area contributed by atoms with Crippen LogP contribution < -0.4 is 13.3 Å². The van der Waals surface area contributed by atoms with Crippen LogP contribution in [0.4, 0.5) is 39.5 Å². The molecule has 0 bridgehead atoms. The summed E-state index contributed by atoms with van der Waals surface area (Å²) in [5, 5.41) is 0. The van der Waals surface area contributed by atoms with Crippen LogP contribution in [0.1, 0.15) is 16.7 Å². The predicted molar refractivity (Wildman–Crippen MR) is 97.8 cm³/mol. The van der Waals surface area contributed by atoms with Crippen LogP contribution in [0, 0.1) is 73.1 Å². The Balaban J connectivity index is 2.56. The maximum Gasteiger partial charge on any atom is 0.412 e. The first-order chi connectivity index (χ1) is 14.4. The van der Waals surface area contributed by atoms with Gasteiger partial charge in [0.1, 0.15) is 40.7 Å². The minimum atomic E-state index is -4.59. The van der Waals surface area contributed by atoms with Gasteiger partial charge in [0.15, 0.2) is 11.6 Å². The molecule has 3 aromatic carbocycles. The van der Waals surface area contributed by atoms with Crippen molar-refractivity contribution >= 4 is 27.4 Å². The highest BCUT2D eigenvalue weighted by Crippen LogP contribution is 2.19. The highest BCUT2D eigenvalue weighted by Gasteiger charge is 2.42. The second-order valence-corrected chi connectivity index (χ2v) is 9.66. The van der Waals surface area contributed by atoms with E-state index < -0.39 is 96.5 Å². The van der Waals surface area contributed by atoms with E-state index in [0.717, 1.165) is 20.8 Å². The Bertz CT molecular complexity index is 1070. The van der Waals surface area contributed by atoms with Crippen LogP contribution in [0.2, 0.25) is 0 Å². The first-order valence-corrected chi connectivity index (χ1v) is 10.5. The van der Waals surface area contributed by atoms with E-state index in [2.05, 4.69) is 0 Å². The van der Waals surface area contributed by atoms with E-state index in [4.69, 9.17) is 0 Å². The van der Waals surface area contributed by atoms with Crippen molar-refractivity contribution in [2.24, 2.45) is 0 Å². The number of hydrogen-bond acceptors (Lipinski definition) is 0. The molecule has 0 N–H and O–H groups in total. The Hall–Kier alpha value is -2.44. The summed E-state index contributed by atoms with van der Waals surface area (Å²) >= 11 is -4.59. The molecule has 0 amide bonds. The summed E-state index contributed by atoms with van der Waals surface area (Å²) in [4.78, 5) is 0. The summed E-state index contributed by atoms with van der Waals surface area (Å²) in [6.07, 6.45) is 0. The Morgan fingerprint density at radius 3 is 1.23 bits per heavy atom. The van der Waals surface area contributed by atoms with Crippen molar-refractivity contribution in [1.29, 1.82) is 0 Å². The van der Waals surface area contributed by atoms with E-state index >= 15 is 0 Å². The summed E-state index contributed by atoms with van der Waals surface area (Å²) in [7, 11) is 0. The summed E-state index contributed by atoms with van der Waals surface area (Å²) in [6, 6.07) is 1.15. The quantitative estimate of drug-likeness (QED) is 0.308. The van der Waals surface area contributed by atoms with Crippen molar-refractivity contribution in [2.45, 2.75) is 20.8 Å². The highest BCUT2D eigenvalue weighted by atomic mass is 27.2. The third kappa shape index (κ3) is 3.72. The van der Waals surface area contributed by atoms with E-state index in [1.165, 1.54) is 0 Å². The Morgan fingerprint density at radius 1 is 0.452 bits per heavy atom. The minimum Gasteiger partial charge on any atom is -0.208 e. The molecule has 0 aliphatic heterocycles. The Morgan fingerprint density at radius 2 is 0.806 bits per heavy atom. The molecule has 0 unspecified atom stereocenters. The predicted octanol–water partition coefficient (Wildman–Crippen LogP) is 4.38. The lowest BCUT2D eigenvalue weighted by atomic mass is 10.2. The van der Waals surface area contributed by atoms with Gasteiger partial charge in [-0.1, -0.05) is 0 Å². The minimum absolute atomic E-state index is 0.175. The average molecular weight is 462 g/mol. The SMILES string of the molecule is Cc1cc(F)[c]([Al]([c]2c(F)cc(F)c(C)c2F)[c]2c(F)cc(C)c(F)c2F)c(F)c1F. The fraction of sp³-hybridized carbons (Fsp3) is 0.143. The molecule has 31 heavy (non-hydrogen) atoms. The molecule has 0 radical (unpaired) electrons. The lowest BCUT2D eigenvalue weighted by Gasteiger charge is -2.20. The standard InChI is InChI=1S/3C7H4F3.Al/c1-4-6(9)2-5(8)3-7(4)10;2*1-4-2-5(8)3-6(9)7(4)10;/h3*2H,1H3;. The lowest BCUT2D eigenvalue weighted by molar-refractivity contribution is 0.494. The molecular weight excluding hydrogens is 450 g/mol. The molecular formula is C21H12AlF9. The molecule has 3 rings (SSSR count). The summed E-state index contributed by atoms with van der Waals surface area (Å²) in [6.45, 7) is 2.86. The molecule has 0 heterocycles. The average Bonchev–Trinajstić information content (AvgIpc) is 2.68. The molecule has 0 aromatic heterocycles. The van der Waals surface area contributed by atoms with Gasteiger partial charge in [-0.2, -0.15) is 0 Å². The molecule has 0 saturated heterocycles. The van der Waals surface area contributed by atoms with Gasteiger partial charge in [0.05, 0.1) is 0 Å². The normalized spacial score (nSPS) is 11.2. The van der Waals surface area contributed by atoms with Crippen LogP contribution in [0.15, 0.2) is 18.2 Å². The van der Waals surface area contributed by atoms with E-state index in [1.54, 1.807) is 0 Å². The van der Waals surface area contributed by atoms with Crippen LogP contribution in [0.3, 0.4) is 0 Å². The molecule has 162 valence electrons. The van der Waals surface area contributed by atoms with Crippen LogP contribution >= 0.6 is 0 Å². The van der Waals surface area contributed by atoms with Crippen LogP contribution in [0.25, 0.3) is 0 Å². The molecule has 0 aliphatic rings. The Labute approximate surface area is 175 Å². The van der Waals surface area contributed by atoms with Crippen LogP contribution in [-0.2, 0) is 0 Å². The second-order valence-electron chi connectivity index (χ2n) is 7.06. The van der Waals surface area contributed by atoms with E-state index in [1.807, 2.05) is 0 Å². The number of hydrogen-bond donors (Lipinski definition) is 0. The van der Waals surface area contributed by atoms with Crippen molar-refractivity contribution in [2.75, 3.05) is 0 Å². The molecule has 0 spiro atoms. The highest BCUT2D eigenvalue weighted by molar-refractivity contribution is 6.95. The third-order valence-corrected chi connectivity index (χ3v) is 8.37. The van der Waals surface area contributed by atoms with Gasteiger partial charge in [0.2, 0.25) is 0 Å². The van der Waals surface area contributed by atoms with Gasteiger partial charge in [-0.25, -0.2) is 39.5 Å². The third-order valence-electron chi connectivity index (χ3n) is 5.05. The fourth-order valence-corrected chi connectivity index (χ4v) is 6.56. The van der Waals surface area contributed by atoms with Gasteiger partial charge in [-0.05, 0) is 57.3 Å². The zero-order valence-corrected chi connectivity index (χ0v) is 17.4. The molecule has 0 atom stereocenters. The first kappa shape index (κ1) is 23.2. The van der Waals surface area contributed by atoms with Crippen molar-refractivity contribution in [3.05, 3.63) is 87.2 Å². The number of aryl methyl sites for hydroxylation is 2. The summed E-state index contributed by atoms with van der Waals surface area (Å²) < 4.78 is 127. The fourth-order valence-electron chi connectivity index (χ4n) is 3.39. The molecule has 0 saturated carbocycles. The maximum absolute atomic E-state index is 14.9. The van der Waals surface area contributed by atoms with Crippen molar-refractivity contribution in [1.82, 2.24) is 0 Å². The summed E-state index contributed by atoms with van der Waals surface area (Å²) in [5.41, 5.74) is -1.83. The van der Waals surface area contributed by atoms with Crippen molar-refractivity contribution in [3.8, 4) is 0 Å². The van der Waals surface area contributed by atoms with Gasteiger partial charge in [-0.15, -0.1) is 0 Å². The van der Waals surface area contributed by atoms with Crippen LogP contribution in [-0.4, -0.2) is 14.1 Å². The Kier molecular flexibility index (Phi) is 6.18. The van der Waals surface area contributed by atoms with Gasteiger partial charge in [0.25, 0.3) is 0 Å². The van der Waals surface area contributed by atoms with E-state index in [-0.39, 0.29) is 6.07 Å². The number of rotatable bonds is 3. The molecule has 0 aliphatic carbocycles. The topological polar surface area (TPSA) is 0 Å². The summed E-state index contributed by atoms with van der Waals surface area (Å²) in [5.74, 6) is -14.8. The molecule has 10 heteroatoms. The van der Waals surface area contributed by atoms with E-state index in [0.29, 0.717) is 12.1 Å². The molecule has 0 fully saturated rings. The maximum atomic E-state index is 14.9. The zero-order chi connectivity index (χ0) is 23.4. The van der Waals surface area contributed by atoms with Crippen molar-refractivity contribution in [3.63, 3.8) is 0 Å². The molecule has 0 nitrogen and oxygen atoms in total. The largest absolute Gasteiger partial charge is 0.412 e. The van der Waals surface area contributed by atoms with Gasteiger partial charge < -0.3 is 0 Å². The van der Waals surface area contributed by atoms with E-state index in [9.17, 15) is 39.5 Å². The number of halogens is 9. The van der Waals surface area contributed by atoms with Crippen LogP contribution in [0.5, 0.6) is 0 Å². The zero-order valence-electron chi connectivity index (χ0n) is 16.2. The smallest absolute Gasteiger partial charge is 0.208 e. The van der Waals surface area contributed by atoms with Gasteiger partial charge in [0, 0.05) is 11.6 Å². The van der Waals surface area contributed by atoms with Gasteiger partial charge >= 0.3 is 14.1 Å². The monoisotopic (exact) mass is 462 g/mol.